The van der Waals surface area contributed by atoms with E-state index in [0.29, 0.717) is 54.3 Å². The van der Waals surface area contributed by atoms with E-state index in [1.165, 1.54) is 0 Å². The lowest BCUT2D eigenvalue weighted by Crippen LogP contribution is -2.51. The molecule has 0 aromatic heterocycles. The van der Waals surface area contributed by atoms with Crippen molar-refractivity contribution >= 4 is 56.5 Å². The second kappa shape index (κ2) is 12.7. The number of nitrogens with zero attached hydrogens (tertiary/aromatic N) is 3. The zero-order chi connectivity index (χ0) is 27.2. The molecule has 0 unspecified atom stereocenters. The van der Waals surface area contributed by atoms with E-state index >= 15 is 0 Å². The van der Waals surface area contributed by atoms with Gasteiger partial charge < -0.3 is 19.3 Å². The van der Waals surface area contributed by atoms with Gasteiger partial charge in [0.15, 0.2) is 11.5 Å². The lowest BCUT2D eigenvalue weighted by molar-refractivity contribution is -0.136. The fraction of sp³-hybridized carbons (Fsp3) is 0.393. The van der Waals surface area contributed by atoms with Crippen molar-refractivity contribution in [2.75, 3.05) is 44.2 Å². The van der Waals surface area contributed by atoms with Crippen molar-refractivity contribution in [3.05, 3.63) is 57.4 Å². The quantitative estimate of drug-likeness (QED) is 0.355. The monoisotopic (exact) mass is 601 g/mol. The average molecular weight is 603 g/mol. The molecule has 0 spiro atoms. The summed E-state index contributed by atoms with van der Waals surface area (Å²) in [5, 5.41) is -0.446. The molecule has 4 rings (SSSR count). The molecule has 1 atom stereocenters. The highest BCUT2D eigenvalue weighted by molar-refractivity contribution is 9.10. The zero-order valence-electron chi connectivity index (χ0n) is 21.8. The van der Waals surface area contributed by atoms with Gasteiger partial charge >= 0.3 is 0 Å². The Kier molecular flexibility index (Phi) is 9.38. The third kappa shape index (κ3) is 6.53. The summed E-state index contributed by atoms with van der Waals surface area (Å²) < 4.78 is 12.5. The molecule has 2 saturated heterocycles. The molecule has 2 fully saturated rings. The normalized spacial score (nSPS) is 17.8. The fourth-order valence-corrected chi connectivity index (χ4v) is 5.60. The van der Waals surface area contributed by atoms with Gasteiger partial charge in [0.05, 0.1) is 22.1 Å². The molecule has 0 radical (unpaired) electrons. The molecule has 2 heterocycles. The van der Waals surface area contributed by atoms with Crippen molar-refractivity contribution in [2.45, 2.75) is 33.3 Å². The third-order valence-corrected chi connectivity index (χ3v) is 7.94. The van der Waals surface area contributed by atoms with E-state index < -0.39 is 11.1 Å². The largest absolute Gasteiger partial charge is 0.490 e. The second-order valence-corrected chi connectivity index (χ2v) is 10.9. The maximum absolute atomic E-state index is 13.1. The number of amides is 3. The smallest absolute Gasteiger partial charge is 0.294 e. The molecule has 2 aliphatic rings. The molecule has 2 aromatic rings. The van der Waals surface area contributed by atoms with Crippen molar-refractivity contribution in [3.8, 4) is 11.5 Å². The predicted molar refractivity (Wildman–Crippen MR) is 154 cm³/mol. The molecule has 0 bridgehead atoms. The number of para-hydroxylation sites is 1. The number of ether oxygens (including phenoxy) is 2. The van der Waals surface area contributed by atoms with Crippen molar-refractivity contribution in [3.63, 3.8) is 0 Å². The van der Waals surface area contributed by atoms with Crippen molar-refractivity contribution in [1.29, 1.82) is 0 Å². The number of hydrogen-bond acceptors (Lipinski definition) is 7. The fourth-order valence-electron chi connectivity index (χ4n) is 4.21. The molecule has 3 amide bonds. The number of halogens is 1. The number of hydrogen-bond donors (Lipinski definition) is 0. The summed E-state index contributed by atoms with van der Waals surface area (Å²) in [7, 11) is 0. The second-order valence-electron chi connectivity index (χ2n) is 9.07. The molecule has 0 aliphatic carbocycles. The zero-order valence-corrected chi connectivity index (χ0v) is 24.2. The van der Waals surface area contributed by atoms with E-state index in [1.54, 1.807) is 17.0 Å². The van der Waals surface area contributed by atoms with Gasteiger partial charge in [0.25, 0.3) is 11.1 Å². The Morgan fingerprint density at radius 1 is 1.11 bits per heavy atom. The highest BCUT2D eigenvalue weighted by Gasteiger charge is 2.37. The lowest BCUT2D eigenvalue weighted by atomic mass is 10.1. The van der Waals surface area contributed by atoms with Crippen molar-refractivity contribution in [2.24, 2.45) is 0 Å². The molecular weight excluding hydrogens is 570 g/mol. The third-order valence-electron chi connectivity index (χ3n) is 6.44. The summed E-state index contributed by atoms with van der Waals surface area (Å²) in [5.41, 5.74) is 1.81. The minimum Gasteiger partial charge on any atom is -0.490 e. The van der Waals surface area contributed by atoms with Gasteiger partial charge in [-0.15, -0.1) is 0 Å². The van der Waals surface area contributed by atoms with E-state index in [0.717, 1.165) is 28.8 Å². The summed E-state index contributed by atoms with van der Waals surface area (Å²) in [6.45, 7) is 8.58. The van der Waals surface area contributed by atoms with Crippen LogP contribution in [0.15, 0.2) is 51.8 Å². The summed E-state index contributed by atoms with van der Waals surface area (Å²) in [6.07, 6.45) is 2.49. The first kappa shape index (κ1) is 28.0. The number of imide groups is 1. The summed E-state index contributed by atoms with van der Waals surface area (Å²) in [4.78, 5) is 44.0. The van der Waals surface area contributed by atoms with Gasteiger partial charge in [0.2, 0.25) is 5.91 Å². The van der Waals surface area contributed by atoms with E-state index in [9.17, 15) is 14.4 Å². The molecule has 10 heteroatoms. The number of rotatable bonds is 9. The van der Waals surface area contributed by atoms with E-state index in [-0.39, 0.29) is 23.5 Å². The van der Waals surface area contributed by atoms with Crippen LogP contribution in [0, 0.1) is 0 Å². The van der Waals surface area contributed by atoms with E-state index in [2.05, 4.69) is 20.8 Å². The summed E-state index contributed by atoms with van der Waals surface area (Å²) in [5.74, 6) is 0.460. The Morgan fingerprint density at radius 2 is 1.82 bits per heavy atom. The molecule has 0 N–H and O–H groups in total. The Labute approximate surface area is 236 Å². The molecule has 0 saturated carbocycles. The first-order valence-corrected chi connectivity index (χ1v) is 14.4. The highest BCUT2D eigenvalue weighted by Crippen LogP contribution is 2.40. The van der Waals surface area contributed by atoms with E-state index in [4.69, 9.17) is 9.47 Å². The van der Waals surface area contributed by atoms with Crippen molar-refractivity contribution in [1.82, 2.24) is 9.80 Å². The number of thioether (sulfide) groups is 1. The van der Waals surface area contributed by atoms with Crippen LogP contribution < -0.4 is 14.4 Å². The van der Waals surface area contributed by atoms with Crippen molar-refractivity contribution < 1.29 is 23.9 Å². The molecule has 8 nitrogen and oxygen atoms in total. The SMILES string of the molecule is CCOc1cc(/C=C2/SC(=O)N(CC(=O)N3CCN(c4ccccc4)CC3)C2=O)cc(Br)c1O[C@H](C)CC. The number of carbonyl (C=O) groups excluding carboxylic acids is 3. The lowest BCUT2D eigenvalue weighted by Gasteiger charge is -2.36. The minimum atomic E-state index is -0.467. The average Bonchev–Trinajstić information content (AvgIpc) is 3.18. The van der Waals surface area contributed by atoms with Crippen LogP contribution in [0.1, 0.15) is 32.8 Å². The van der Waals surface area contributed by atoms with Gasteiger partial charge in [-0.25, -0.2) is 0 Å². The van der Waals surface area contributed by atoms with Gasteiger partial charge in [-0.05, 0) is 83.9 Å². The van der Waals surface area contributed by atoms with Gasteiger partial charge in [-0.1, -0.05) is 25.1 Å². The Bertz CT molecular complexity index is 1210. The van der Waals surface area contributed by atoms with Crippen LogP contribution in [0.4, 0.5) is 10.5 Å². The standard InChI is InChI=1S/C28H32BrN3O5S/c1-4-19(3)37-26-22(29)15-20(16-23(26)36-5-2)17-24-27(34)32(28(35)38-24)18-25(33)31-13-11-30(12-14-31)21-9-7-6-8-10-21/h6-10,15-17,19H,4-5,11-14,18H2,1-3H3/b24-17+/t19-/m1/s1. The number of benzene rings is 2. The van der Waals surface area contributed by atoms with Crippen LogP contribution >= 0.6 is 27.7 Å². The molecule has 2 aromatic carbocycles. The van der Waals surface area contributed by atoms with Gasteiger partial charge in [0, 0.05) is 31.9 Å². The van der Waals surface area contributed by atoms with Crippen LogP contribution in [0.25, 0.3) is 6.08 Å². The summed E-state index contributed by atoms with van der Waals surface area (Å²) in [6, 6.07) is 13.7. The summed E-state index contributed by atoms with van der Waals surface area (Å²) >= 11 is 4.39. The number of piperazine rings is 1. The van der Waals surface area contributed by atoms with Crippen LogP contribution in [-0.2, 0) is 9.59 Å². The Hall–Kier alpha value is -2.98. The predicted octanol–water partition coefficient (Wildman–Crippen LogP) is 5.41. The molecular formula is C28H32BrN3O5S. The number of carbonyl (C=O) groups is 3. The van der Waals surface area contributed by atoms with Gasteiger partial charge in [-0.3, -0.25) is 19.3 Å². The van der Waals surface area contributed by atoms with Crippen LogP contribution in [0.5, 0.6) is 11.5 Å². The van der Waals surface area contributed by atoms with Gasteiger partial charge in [0.1, 0.15) is 6.54 Å². The Morgan fingerprint density at radius 3 is 2.47 bits per heavy atom. The topological polar surface area (TPSA) is 79.4 Å². The molecule has 202 valence electrons. The van der Waals surface area contributed by atoms with E-state index in [1.807, 2.05) is 57.2 Å². The van der Waals surface area contributed by atoms with Gasteiger partial charge in [-0.2, -0.15) is 0 Å². The first-order valence-electron chi connectivity index (χ1n) is 12.8. The first-order chi connectivity index (χ1) is 18.3. The number of anilines is 1. The van der Waals surface area contributed by atoms with Crippen LogP contribution in [0.3, 0.4) is 0 Å². The Balaban J connectivity index is 1.42. The maximum atomic E-state index is 13.1. The highest BCUT2D eigenvalue weighted by atomic mass is 79.9. The van der Waals surface area contributed by atoms with Crippen LogP contribution in [0.2, 0.25) is 0 Å². The maximum Gasteiger partial charge on any atom is 0.294 e. The molecule has 2 aliphatic heterocycles. The molecule has 38 heavy (non-hydrogen) atoms. The minimum absolute atomic E-state index is 0.00621. The van der Waals surface area contributed by atoms with Crippen LogP contribution in [-0.4, -0.2) is 72.3 Å².